The summed E-state index contributed by atoms with van der Waals surface area (Å²) < 4.78 is 13.5. The maximum atomic E-state index is 13.5. The van der Waals surface area contributed by atoms with Crippen molar-refractivity contribution in [2.75, 3.05) is 33.2 Å². The van der Waals surface area contributed by atoms with Crippen LogP contribution in [0.4, 0.5) is 4.39 Å². The van der Waals surface area contributed by atoms with Crippen LogP contribution >= 0.6 is 0 Å². The van der Waals surface area contributed by atoms with Gasteiger partial charge in [-0.3, -0.25) is 0 Å². The van der Waals surface area contributed by atoms with Crippen LogP contribution in [0.15, 0.2) is 18.2 Å². The minimum absolute atomic E-state index is 0.125. The zero-order valence-electron chi connectivity index (χ0n) is 11.4. The van der Waals surface area contributed by atoms with Crippen molar-refractivity contribution >= 4 is 0 Å². The summed E-state index contributed by atoms with van der Waals surface area (Å²) in [7, 11) is 2.14. The van der Waals surface area contributed by atoms with E-state index in [2.05, 4.69) is 29.3 Å². The van der Waals surface area contributed by atoms with Crippen molar-refractivity contribution in [3.63, 3.8) is 0 Å². The molecular weight excluding hydrogens is 229 g/mol. The Morgan fingerprint density at radius 1 is 1.22 bits per heavy atom. The molecule has 2 rings (SSSR count). The molecule has 1 atom stereocenters. The zero-order valence-corrected chi connectivity index (χ0v) is 11.4. The molecule has 0 saturated carbocycles. The van der Waals surface area contributed by atoms with Crippen LogP contribution < -0.4 is 5.43 Å². The molecule has 0 bridgehead atoms. The summed E-state index contributed by atoms with van der Waals surface area (Å²) in [6, 6.07) is 5.60. The predicted molar refractivity (Wildman–Crippen MR) is 71.8 cm³/mol. The first-order valence-corrected chi connectivity index (χ1v) is 6.52. The van der Waals surface area contributed by atoms with E-state index in [9.17, 15) is 4.39 Å². The quantitative estimate of drug-likeness (QED) is 0.886. The first kappa shape index (κ1) is 13.5. The van der Waals surface area contributed by atoms with Crippen LogP contribution in [-0.4, -0.2) is 43.1 Å². The van der Waals surface area contributed by atoms with Crippen LogP contribution in [0.3, 0.4) is 0 Å². The number of hydrogen-bond donors (Lipinski definition) is 1. The number of likely N-dealkylation sites (N-methyl/N-ethyl adjacent to an activating group) is 1. The fourth-order valence-corrected chi connectivity index (χ4v) is 2.16. The molecule has 0 aromatic heterocycles. The number of rotatable bonds is 3. The van der Waals surface area contributed by atoms with Gasteiger partial charge >= 0.3 is 0 Å². The average molecular weight is 251 g/mol. The molecule has 1 heterocycles. The first-order valence-electron chi connectivity index (χ1n) is 6.52. The van der Waals surface area contributed by atoms with Crippen LogP contribution in [0, 0.1) is 12.7 Å². The summed E-state index contributed by atoms with van der Waals surface area (Å²) in [4.78, 5) is 2.31. The van der Waals surface area contributed by atoms with Crippen molar-refractivity contribution in [2.45, 2.75) is 19.9 Å². The molecule has 0 spiro atoms. The van der Waals surface area contributed by atoms with Crippen molar-refractivity contribution in [1.29, 1.82) is 0 Å². The lowest BCUT2D eigenvalue weighted by molar-refractivity contribution is 0.0898. The summed E-state index contributed by atoms with van der Waals surface area (Å²) in [5.41, 5.74) is 5.14. The molecule has 1 aromatic carbocycles. The highest BCUT2D eigenvalue weighted by Gasteiger charge is 2.16. The van der Waals surface area contributed by atoms with Crippen molar-refractivity contribution in [3.8, 4) is 0 Å². The summed E-state index contributed by atoms with van der Waals surface area (Å²) in [5.74, 6) is -0.125. The number of halogens is 1. The van der Waals surface area contributed by atoms with Gasteiger partial charge in [-0.1, -0.05) is 12.1 Å². The normalized spacial score (nSPS) is 20.0. The van der Waals surface area contributed by atoms with Crippen LogP contribution in [0.1, 0.15) is 24.1 Å². The molecule has 18 heavy (non-hydrogen) atoms. The number of nitrogens with zero attached hydrogens (tertiary/aromatic N) is 2. The molecule has 0 aliphatic carbocycles. The van der Waals surface area contributed by atoms with Crippen molar-refractivity contribution in [2.24, 2.45) is 0 Å². The largest absolute Gasteiger partial charge is 0.304 e. The number of nitrogens with one attached hydrogen (secondary N) is 1. The van der Waals surface area contributed by atoms with E-state index in [1.54, 1.807) is 13.0 Å². The summed E-state index contributed by atoms with van der Waals surface area (Å²) in [6.45, 7) is 8.02. The Morgan fingerprint density at radius 2 is 1.89 bits per heavy atom. The number of hydrazine groups is 1. The summed E-state index contributed by atoms with van der Waals surface area (Å²) in [5, 5.41) is 2.22. The van der Waals surface area contributed by atoms with Crippen LogP contribution in [-0.2, 0) is 0 Å². The third-order valence-corrected chi connectivity index (χ3v) is 3.58. The maximum absolute atomic E-state index is 13.5. The second-order valence-corrected chi connectivity index (χ2v) is 5.15. The molecule has 3 nitrogen and oxygen atoms in total. The summed E-state index contributed by atoms with van der Waals surface area (Å²) in [6.07, 6.45) is 0. The SMILES string of the molecule is Cc1ccc(C(C)NN2CCN(C)CC2)cc1F. The molecule has 1 aliphatic heterocycles. The van der Waals surface area contributed by atoms with Gasteiger partial charge in [-0.15, -0.1) is 0 Å². The van der Waals surface area contributed by atoms with Gasteiger partial charge in [0, 0.05) is 32.2 Å². The smallest absolute Gasteiger partial charge is 0.126 e. The van der Waals surface area contributed by atoms with E-state index in [0.717, 1.165) is 31.7 Å². The topological polar surface area (TPSA) is 18.5 Å². The van der Waals surface area contributed by atoms with Crippen LogP contribution in [0.5, 0.6) is 0 Å². The van der Waals surface area contributed by atoms with Crippen LogP contribution in [0.2, 0.25) is 0 Å². The molecule has 1 saturated heterocycles. The van der Waals surface area contributed by atoms with E-state index >= 15 is 0 Å². The van der Waals surface area contributed by atoms with E-state index in [1.807, 2.05) is 12.1 Å². The second-order valence-electron chi connectivity index (χ2n) is 5.15. The maximum Gasteiger partial charge on any atom is 0.126 e. The van der Waals surface area contributed by atoms with Gasteiger partial charge < -0.3 is 4.90 Å². The fraction of sp³-hybridized carbons (Fsp3) is 0.571. The van der Waals surface area contributed by atoms with Crippen molar-refractivity contribution in [3.05, 3.63) is 35.1 Å². The van der Waals surface area contributed by atoms with Gasteiger partial charge in [-0.05, 0) is 38.1 Å². The van der Waals surface area contributed by atoms with Gasteiger partial charge in [0.2, 0.25) is 0 Å². The minimum Gasteiger partial charge on any atom is -0.304 e. The third-order valence-electron chi connectivity index (χ3n) is 3.58. The van der Waals surface area contributed by atoms with E-state index < -0.39 is 0 Å². The summed E-state index contributed by atoms with van der Waals surface area (Å²) >= 11 is 0. The molecular formula is C14H22FN3. The van der Waals surface area contributed by atoms with E-state index in [-0.39, 0.29) is 11.9 Å². The van der Waals surface area contributed by atoms with Gasteiger partial charge in [0.25, 0.3) is 0 Å². The van der Waals surface area contributed by atoms with E-state index in [1.165, 1.54) is 0 Å². The zero-order chi connectivity index (χ0) is 13.1. The lowest BCUT2D eigenvalue weighted by Gasteiger charge is -2.34. The Balaban J connectivity index is 1.94. The monoisotopic (exact) mass is 251 g/mol. The lowest BCUT2D eigenvalue weighted by Crippen LogP contribution is -2.51. The molecule has 100 valence electrons. The Hall–Kier alpha value is -0.970. The molecule has 1 aliphatic rings. The lowest BCUT2D eigenvalue weighted by atomic mass is 10.1. The van der Waals surface area contributed by atoms with Crippen molar-refractivity contribution < 1.29 is 4.39 Å². The van der Waals surface area contributed by atoms with E-state index in [4.69, 9.17) is 0 Å². The molecule has 0 radical (unpaired) electrons. The number of hydrogen-bond acceptors (Lipinski definition) is 3. The molecule has 1 unspecified atom stereocenters. The van der Waals surface area contributed by atoms with Crippen molar-refractivity contribution in [1.82, 2.24) is 15.3 Å². The number of aryl methyl sites for hydroxylation is 1. The van der Waals surface area contributed by atoms with Gasteiger partial charge in [0.05, 0.1) is 0 Å². The highest BCUT2D eigenvalue weighted by atomic mass is 19.1. The Kier molecular flexibility index (Phi) is 4.32. The van der Waals surface area contributed by atoms with Gasteiger partial charge in [0.15, 0.2) is 0 Å². The fourth-order valence-electron chi connectivity index (χ4n) is 2.16. The van der Waals surface area contributed by atoms with Crippen LogP contribution in [0.25, 0.3) is 0 Å². The van der Waals surface area contributed by atoms with Gasteiger partial charge in [-0.2, -0.15) is 0 Å². The highest BCUT2D eigenvalue weighted by molar-refractivity contribution is 5.25. The number of piperazine rings is 1. The first-order chi connectivity index (χ1) is 8.56. The standard InChI is InChI=1S/C14H22FN3/c1-11-4-5-13(10-14(11)15)12(2)16-18-8-6-17(3)7-9-18/h4-5,10,12,16H,6-9H2,1-3H3. The van der Waals surface area contributed by atoms with Gasteiger partial charge in [0.1, 0.15) is 5.82 Å². The minimum atomic E-state index is -0.125. The van der Waals surface area contributed by atoms with E-state index in [0.29, 0.717) is 5.56 Å². The third kappa shape index (κ3) is 3.28. The Bertz CT molecular complexity index is 400. The average Bonchev–Trinajstić information content (AvgIpc) is 2.35. The number of benzene rings is 1. The molecule has 1 aromatic rings. The molecule has 0 amide bonds. The molecule has 1 N–H and O–H groups in total. The van der Waals surface area contributed by atoms with Gasteiger partial charge in [-0.25, -0.2) is 14.8 Å². The molecule has 4 heteroatoms. The Labute approximate surface area is 109 Å². The predicted octanol–water partition coefficient (Wildman–Crippen LogP) is 1.95. The Morgan fingerprint density at radius 3 is 2.50 bits per heavy atom. The second kappa shape index (κ2) is 5.78. The molecule has 1 fully saturated rings. The highest BCUT2D eigenvalue weighted by Crippen LogP contribution is 2.16.